The van der Waals surface area contributed by atoms with Gasteiger partial charge in [-0.2, -0.15) is 0 Å². The van der Waals surface area contributed by atoms with E-state index in [2.05, 4.69) is 0 Å². The Bertz CT molecular complexity index is 966. The minimum Gasteiger partial charge on any atom is -0.454 e. The van der Waals surface area contributed by atoms with Gasteiger partial charge in [0.15, 0.2) is 6.10 Å². The lowest BCUT2D eigenvalue weighted by atomic mass is 9.87. The highest BCUT2D eigenvalue weighted by molar-refractivity contribution is 5.90. The summed E-state index contributed by atoms with van der Waals surface area (Å²) in [6.45, 7) is 0. The first kappa shape index (κ1) is 18.0. The molecule has 0 aliphatic heterocycles. The molecule has 0 saturated carbocycles. The molecule has 28 heavy (non-hydrogen) atoms. The Morgan fingerprint density at radius 1 is 0.679 bits per heavy atom. The highest BCUT2D eigenvalue weighted by atomic mass is 16.6. The molecule has 0 aromatic heterocycles. The topological polar surface area (TPSA) is 52.6 Å². The van der Waals surface area contributed by atoms with E-state index >= 15 is 0 Å². The lowest BCUT2D eigenvalue weighted by Gasteiger charge is -2.32. The Morgan fingerprint density at radius 2 is 1.21 bits per heavy atom. The van der Waals surface area contributed by atoms with Crippen LogP contribution in [-0.2, 0) is 15.9 Å². The average molecular weight is 372 g/mol. The first-order valence-corrected chi connectivity index (χ1v) is 9.32. The second-order valence-corrected chi connectivity index (χ2v) is 6.74. The van der Waals surface area contributed by atoms with Crippen LogP contribution in [0.25, 0.3) is 0 Å². The molecule has 4 heteroatoms. The van der Waals surface area contributed by atoms with Gasteiger partial charge in [-0.15, -0.1) is 0 Å². The Morgan fingerprint density at radius 3 is 1.86 bits per heavy atom. The molecule has 0 bridgehead atoms. The lowest BCUT2D eigenvalue weighted by Crippen LogP contribution is -2.33. The van der Waals surface area contributed by atoms with E-state index in [0.717, 1.165) is 17.5 Å². The van der Waals surface area contributed by atoms with Crippen LogP contribution in [0.5, 0.6) is 0 Å². The van der Waals surface area contributed by atoms with Crippen molar-refractivity contribution in [3.63, 3.8) is 0 Å². The number of esters is 2. The minimum absolute atomic E-state index is 0.411. The fourth-order valence-electron chi connectivity index (χ4n) is 3.49. The minimum atomic E-state index is -0.634. The average Bonchev–Trinajstić information content (AvgIpc) is 2.76. The molecule has 1 aliphatic rings. The van der Waals surface area contributed by atoms with Gasteiger partial charge in [0, 0.05) is 0 Å². The molecule has 0 saturated heterocycles. The maximum absolute atomic E-state index is 12.7. The zero-order valence-corrected chi connectivity index (χ0v) is 15.3. The summed E-state index contributed by atoms with van der Waals surface area (Å²) < 4.78 is 11.6. The van der Waals surface area contributed by atoms with E-state index in [9.17, 15) is 9.59 Å². The number of carbonyl (C=O) groups excluding carboxylic acids is 2. The molecule has 0 radical (unpaired) electrons. The van der Waals surface area contributed by atoms with Crippen LogP contribution >= 0.6 is 0 Å². The first-order valence-electron chi connectivity index (χ1n) is 9.32. The van der Waals surface area contributed by atoms with E-state index in [-0.39, 0.29) is 0 Å². The second-order valence-electron chi connectivity index (χ2n) is 6.74. The normalized spacial score (nSPS) is 18.0. The summed E-state index contributed by atoms with van der Waals surface area (Å²) in [7, 11) is 0. The van der Waals surface area contributed by atoms with Crippen molar-refractivity contribution in [2.24, 2.45) is 0 Å². The second kappa shape index (κ2) is 8.09. The molecule has 0 unspecified atom stereocenters. The zero-order chi connectivity index (χ0) is 19.3. The molecular weight excluding hydrogens is 352 g/mol. The van der Waals surface area contributed by atoms with Crippen molar-refractivity contribution >= 4 is 11.9 Å². The maximum atomic E-state index is 12.7. The number of carbonyl (C=O) groups is 2. The molecule has 2 atom stereocenters. The third-order valence-corrected chi connectivity index (χ3v) is 4.91. The Kier molecular flexibility index (Phi) is 5.20. The fraction of sp³-hybridized carbons (Fsp3) is 0.167. The quantitative estimate of drug-likeness (QED) is 0.620. The van der Waals surface area contributed by atoms with Crippen molar-refractivity contribution in [3.8, 4) is 0 Å². The molecule has 4 nitrogen and oxygen atoms in total. The van der Waals surface area contributed by atoms with Crippen LogP contribution in [0.15, 0.2) is 84.9 Å². The van der Waals surface area contributed by atoms with Crippen LogP contribution in [0.2, 0.25) is 0 Å². The summed E-state index contributed by atoms with van der Waals surface area (Å²) in [5, 5.41) is 0. The van der Waals surface area contributed by atoms with E-state index in [0.29, 0.717) is 17.5 Å². The third-order valence-electron chi connectivity index (χ3n) is 4.91. The Labute approximate surface area is 163 Å². The Balaban J connectivity index is 1.60. The summed E-state index contributed by atoms with van der Waals surface area (Å²) in [6.07, 6.45) is 0.200. The van der Waals surface area contributed by atoms with Crippen LogP contribution in [0, 0.1) is 0 Å². The molecular formula is C24H20O4. The van der Waals surface area contributed by atoms with Gasteiger partial charge in [-0.1, -0.05) is 60.7 Å². The van der Waals surface area contributed by atoms with Gasteiger partial charge in [-0.05, 0) is 48.2 Å². The van der Waals surface area contributed by atoms with Crippen molar-refractivity contribution in [1.29, 1.82) is 0 Å². The number of fused-ring (bicyclic) bond motifs is 1. The predicted molar refractivity (Wildman–Crippen MR) is 105 cm³/mol. The number of aryl methyl sites for hydroxylation is 1. The van der Waals surface area contributed by atoms with E-state index in [4.69, 9.17) is 9.47 Å². The summed E-state index contributed by atoms with van der Waals surface area (Å²) in [5.74, 6) is -0.839. The summed E-state index contributed by atoms with van der Waals surface area (Å²) >= 11 is 0. The van der Waals surface area contributed by atoms with Gasteiger partial charge in [0.25, 0.3) is 0 Å². The van der Waals surface area contributed by atoms with Crippen LogP contribution in [0.3, 0.4) is 0 Å². The Hall–Kier alpha value is -3.40. The SMILES string of the molecule is O=C(O[C@@H]1CCc2ccccc2[C@@H]1OC(=O)c1ccccc1)c1ccccc1. The molecule has 140 valence electrons. The molecule has 0 N–H and O–H groups in total. The van der Waals surface area contributed by atoms with Crippen molar-refractivity contribution in [2.45, 2.75) is 25.0 Å². The van der Waals surface area contributed by atoms with Gasteiger partial charge in [0.1, 0.15) is 6.10 Å². The highest BCUT2D eigenvalue weighted by Crippen LogP contribution is 2.35. The van der Waals surface area contributed by atoms with Gasteiger partial charge in [-0.25, -0.2) is 9.59 Å². The number of hydrogen-bond donors (Lipinski definition) is 0. The summed E-state index contributed by atoms with van der Waals surface area (Å²) in [4.78, 5) is 25.2. The number of ether oxygens (including phenoxy) is 2. The number of benzene rings is 3. The van der Waals surface area contributed by atoms with Crippen molar-refractivity contribution in [3.05, 3.63) is 107 Å². The summed E-state index contributed by atoms with van der Waals surface area (Å²) in [5.41, 5.74) is 2.96. The van der Waals surface area contributed by atoms with Gasteiger partial charge in [0.2, 0.25) is 0 Å². The molecule has 3 aromatic rings. The van der Waals surface area contributed by atoms with E-state index in [1.807, 2.05) is 36.4 Å². The fourth-order valence-corrected chi connectivity index (χ4v) is 3.49. The maximum Gasteiger partial charge on any atom is 0.338 e. The lowest BCUT2D eigenvalue weighted by molar-refractivity contribution is -0.0437. The van der Waals surface area contributed by atoms with Crippen molar-refractivity contribution < 1.29 is 19.1 Å². The standard InChI is InChI=1S/C24H20O4/c25-23(18-10-3-1-4-11-18)27-21-16-15-17-9-7-8-14-20(17)22(21)28-24(26)19-12-5-2-6-13-19/h1-14,21-22H,15-16H2/t21-,22+/m1/s1. The first-order chi connectivity index (χ1) is 13.7. The van der Waals surface area contributed by atoms with Crippen molar-refractivity contribution in [1.82, 2.24) is 0 Å². The van der Waals surface area contributed by atoms with Crippen LogP contribution in [0.1, 0.15) is 44.4 Å². The van der Waals surface area contributed by atoms with Gasteiger partial charge >= 0.3 is 11.9 Å². The van der Waals surface area contributed by atoms with Gasteiger partial charge < -0.3 is 9.47 Å². The van der Waals surface area contributed by atoms with E-state index in [1.165, 1.54) is 0 Å². The van der Waals surface area contributed by atoms with Crippen LogP contribution in [-0.4, -0.2) is 18.0 Å². The third kappa shape index (κ3) is 3.81. The number of hydrogen-bond acceptors (Lipinski definition) is 4. The molecule has 1 aliphatic carbocycles. The number of rotatable bonds is 4. The largest absolute Gasteiger partial charge is 0.454 e. The monoisotopic (exact) mass is 372 g/mol. The highest BCUT2D eigenvalue weighted by Gasteiger charge is 2.35. The molecule has 0 amide bonds. The van der Waals surface area contributed by atoms with Crippen molar-refractivity contribution in [2.75, 3.05) is 0 Å². The molecule has 0 spiro atoms. The van der Waals surface area contributed by atoms with E-state index < -0.39 is 24.1 Å². The molecule has 0 fully saturated rings. The smallest absolute Gasteiger partial charge is 0.338 e. The van der Waals surface area contributed by atoms with Gasteiger partial charge in [-0.3, -0.25) is 0 Å². The van der Waals surface area contributed by atoms with Crippen LogP contribution in [0.4, 0.5) is 0 Å². The predicted octanol–water partition coefficient (Wildman–Crippen LogP) is 4.76. The summed E-state index contributed by atoms with van der Waals surface area (Å²) in [6, 6.07) is 25.5. The molecule has 4 rings (SSSR count). The van der Waals surface area contributed by atoms with E-state index in [1.54, 1.807) is 48.5 Å². The van der Waals surface area contributed by atoms with Gasteiger partial charge in [0.05, 0.1) is 11.1 Å². The zero-order valence-electron chi connectivity index (χ0n) is 15.3. The molecule has 3 aromatic carbocycles. The van der Waals surface area contributed by atoms with Crippen LogP contribution < -0.4 is 0 Å². The molecule has 0 heterocycles.